The second kappa shape index (κ2) is 11.1. The average Bonchev–Trinajstić information content (AvgIpc) is 3.33. The molecule has 2 N–H and O–H groups in total. The summed E-state index contributed by atoms with van der Waals surface area (Å²) < 4.78 is 27.5. The molecule has 0 radical (unpaired) electrons. The quantitative estimate of drug-likeness (QED) is 0.419. The van der Waals surface area contributed by atoms with Crippen molar-refractivity contribution in [1.29, 1.82) is 0 Å². The van der Waals surface area contributed by atoms with Crippen LogP contribution in [0.5, 0.6) is 5.75 Å². The second-order valence-corrected chi connectivity index (χ2v) is 9.59. The molecule has 2 aromatic carbocycles. The van der Waals surface area contributed by atoms with Crippen LogP contribution in [0.15, 0.2) is 35.3 Å². The Balaban J connectivity index is 1.91. The first kappa shape index (κ1) is 27.6. The van der Waals surface area contributed by atoms with Crippen molar-refractivity contribution in [2.45, 2.75) is 38.3 Å². The third kappa shape index (κ3) is 4.99. The summed E-state index contributed by atoms with van der Waals surface area (Å²) >= 11 is 6.18. The topological polar surface area (TPSA) is 118 Å². The smallest absolute Gasteiger partial charge is 0.341 e. The molecule has 2 heterocycles. The third-order valence-corrected chi connectivity index (χ3v) is 7.25. The van der Waals surface area contributed by atoms with Crippen LogP contribution >= 0.6 is 11.6 Å². The van der Waals surface area contributed by atoms with Crippen molar-refractivity contribution < 1.29 is 33.7 Å². The van der Waals surface area contributed by atoms with Gasteiger partial charge in [0.15, 0.2) is 0 Å². The summed E-state index contributed by atoms with van der Waals surface area (Å²) in [7, 11) is 2.88. The molecule has 9 nitrogen and oxygen atoms in total. The van der Waals surface area contributed by atoms with Crippen LogP contribution in [0.25, 0.3) is 10.9 Å². The van der Waals surface area contributed by atoms with Gasteiger partial charge in [0, 0.05) is 49.8 Å². The number of ether oxygens (including phenoxy) is 2. The fourth-order valence-electron chi connectivity index (χ4n) is 4.84. The lowest BCUT2D eigenvalue weighted by molar-refractivity contribution is -0.117. The van der Waals surface area contributed by atoms with Gasteiger partial charge in [-0.1, -0.05) is 11.6 Å². The number of rotatable bonds is 9. The zero-order chi connectivity index (χ0) is 27.7. The molecule has 1 aliphatic rings. The number of aromatic nitrogens is 1. The number of benzene rings is 2. The summed E-state index contributed by atoms with van der Waals surface area (Å²) in [6.45, 7) is 1.83. The largest absolute Gasteiger partial charge is 0.496 e. The van der Waals surface area contributed by atoms with Gasteiger partial charge < -0.3 is 29.2 Å². The molecule has 1 saturated heterocycles. The van der Waals surface area contributed by atoms with Crippen molar-refractivity contribution in [1.82, 2.24) is 4.57 Å². The van der Waals surface area contributed by atoms with Gasteiger partial charge in [-0.3, -0.25) is 9.59 Å². The number of anilines is 1. The number of carbonyl (C=O) groups excluding carboxylic acids is 1. The van der Waals surface area contributed by atoms with Crippen molar-refractivity contribution in [2.75, 3.05) is 32.3 Å². The monoisotopic (exact) mass is 546 g/mol. The molecule has 0 spiro atoms. The maximum atomic E-state index is 15.1. The average molecular weight is 547 g/mol. The highest BCUT2D eigenvalue weighted by Gasteiger charge is 2.26. The fraction of sp³-hybridized carbons (Fsp3) is 0.370. The summed E-state index contributed by atoms with van der Waals surface area (Å²) in [4.78, 5) is 38.9. The number of pyridine rings is 1. The number of carbonyl (C=O) groups is 2. The van der Waals surface area contributed by atoms with Gasteiger partial charge in [0.25, 0.3) is 0 Å². The number of amides is 1. The number of methoxy groups -OCH3 is 2. The molecular weight excluding hydrogens is 519 g/mol. The molecule has 11 heteroatoms. The number of hydrogen-bond acceptors (Lipinski definition) is 6. The zero-order valence-corrected chi connectivity index (χ0v) is 21.9. The van der Waals surface area contributed by atoms with E-state index in [1.54, 1.807) is 24.0 Å². The van der Waals surface area contributed by atoms with Gasteiger partial charge in [-0.2, -0.15) is 0 Å². The van der Waals surface area contributed by atoms with E-state index in [1.807, 2.05) is 0 Å². The number of fused-ring (bicyclic) bond motifs is 1. The Kier molecular flexibility index (Phi) is 8.05. The number of carboxylic acid groups (broad SMARTS) is 1. The van der Waals surface area contributed by atoms with E-state index < -0.39 is 34.9 Å². The second-order valence-electron chi connectivity index (χ2n) is 9.18. The molecule has 202 valence electrons. The van der Waals surface area contributed by atoms with E-state index in [-0.39, 0.29) is 34.9 Å². The number of halogens is 2. The molecule has 1 amide bonds. The number of hydrogen-bond donors (Lipinski definition) is 2. The molecular formula is C27H28ClFN2O7. The minimum absolute atomic E-state index is 0.0464. The SMILES string of the molecule is COc1cc2c(cc1Cc1cc(N3CCCC3=O)cc(Cl)c1F)c(=O)c(C(=O)O)cn2[C@H](CO)[C@@H](C)OC. The Morgan fingerprint density at radius 2 is 1.92 bits per heavy atom. The lowest BCUT2D eigenvalue weighted by Crippen LogP contribution is -2.29. The first-order valence-electron chi connectivity index (χ1n) is 12.0. The van der Waals surface area contributed by atoms with Gasteiger partial charge >= 0.3 is 5.97 Å². The van der Waals surface area contributed by atoms with E-state index in [4.69, 9.17) is 21.1 Å². The molecule has 0 bridgehead atoms. The summed E-state index contributed by atoms with van der Waals surface area (Å²) in [6.07, 6.45) is 1.70. The van der Waals surface area contributed by atoms with Gasteiger partial charge in [0.1, 0.15) is 17.1 Å². The van der Waals surface area contributed by atoms with Crippen LogP contribution in [-0.4, -0.2) is 60.1 Å². The molecule has 0 aliphatic carbocycles. The minimum Gasteiger partial charge on any atom is -0.496 e. The number of carboxylic acids is 1. The Labute approximate surface area is 223 Å². The first-order chi connectivity index (χ1) is 18.1. The van der Waals surface area contributed by atoms with E-state index in [2.05, 4.69) is 0 Å². The maximum absolute atomic E-state index is 15.1. The molecule has 0 saturated carbocycles. The van der Waals surface area contributed by atoms with E-state index in [0.717, 1.165) is 0 Å². The third-order valence-electron chi connectivity index (χ3n) is 6.98. The number of aliphatic hydroxyl groups excluding tert-OH is 1. The zero-order valence-electron chi connectivity index (χ0n) is 21.2. The van der Waals surface area contributed by atoms with Crippen LogP contribution < -0.4 is 15.1 Å². The van der Waals surface area contributed by atoms with Crippen molar-refractivity contribution in [3.05, 3.63) is 68.2 Å². The lowest BCUT2D eigenvalue weighted by atomic mass is 9.99. The molecule has 2 atom stereocenters. The molecule has 1 aliphatic heterocycles. The number of aliphatic hydroxyl groups is 1. The van der Waals surface area contributed by atoms with E-state index in [1.165, 1.54) is 37.1 Å². The lowest BCUT2D eigenvalue weighted by Gasteiger charge is -2.26. The van der Waals surface area contributed by atoms with Crippen LogP contribution in [0.2, 0.25) is 5.02 Å². The fourth-order valence-corrected chi connectivity index (χ4v) is 5.07. The van der Waals surface area contributed by atoms with Gasteiger partial charge in [0.05, 0.1) is 36.4 Å². The van der Waals surface area contributed by atoms with Gasteiger partial charge in [-0.25, -0.2) is 9.18 Å². The summed E-state index contributed by atoms with van der Waals surface area (Å²) in [5.74, 6) is -1.86. The van der Waals surface area contributed by atoms with Crippen LogP contribution in [0, 0.1) is 5.82 Å². The van der Waals surface area contributed by atoms with Crippen LogP contribution in [0.1, 0.15) is 47.3 Å². The Morgan fingerprint density at radius 3 is 2.50 bits per heavy atom. The number of aromatic carboxylic acids is 1. The van der Waals surface area contributed by atoms with Crippen LogP contribution in [0.4, 0.5) is 10.1 Å². The maximum Gasteiger partial charge on any atom is 0.341 e. The minimum atomic E-state index is -1.43. The Hall–Kier alpha value is -3.47. The summed E-state index contributed by atoms with van der Waals surface area (Å²) in [6, 6.07) is 5.26. The Bertz CT molecular complexity index is 1470. The summed E-state index contributed by atoms with van der Waals surface area (Å²) in [5, 5.41) is 19.7. The van der Waals surface area contributed by atoms with E-state index in [9.17, 15) is 24.6 Å². The normalized spacial score (nSPS) is 15.2. The van der Waals surface area contributed by atoms with Crippen molar-refractivity contribution in [3.8, 4) is 5.75 Å². The predicted octanol–water partition coefficient (Wildman–Crippen LogP) is 3.79. The molecule has 1 fully saturated rings. The van der Waals surface area contributed by atoms with E-state index in [0.29, 0.717) is 41.9 Å². The van der Waals surface area contributed by atoms with E-state index >= 15 is 4.39 Å². The molecule has 0 unspecified atom stereocenters. The highest BCUT2D eigenvalue weighted by Crippen LogP contribution is 2.34. The molecule has 38 heavy (non-hydrogen) atoms. The van der Waals surface area contributed by atoms with Crippen molar-refractivity contribution in [3.63, 3.8) is 0 Å². The summed E-state index contributed by atoms with van der Waals surface area (Å²) in [5.41, 5.74) is 0.164. The highest BCUT2D eigenvalue weighted by molar-refractivity contribution is 6.31. The van der Waals surface area contributed by atoms with Gasteiger partial charge in [-0.15, -0.1) is 0 Å². The van der Waals surface area contributed by atoms with Gasteiger partial charge in [0.2, 0.25) is 11.3 Å². The highest BCUT2D eigenvalue weighted by atomic mass is 35.5. The molecule has 4 rings (SSSR count). The van der Waals surface area contributed by atoms with Crippen LogP contribution in [-0.2, 0) is 16.0 Å². The Morgan fingerprint density at radius 1 is 1.18 bits per heavy atom. The molecule has 1 aromatic heterocycles. The first-order valence-corrected chi connectivity index (χ1v) is 12.4. The number of nitrogens with zero attached hydrogens (tertiary/aromatic N) is 2. The predicted molar refractivity (Wildman–Crippen MR) is 140 cm³/mol. The molecule has 3 aromatic rings. The van der Waals surface area contributed by atoms with Crippen molar-refractivity contribution >= 4 is 40.1 Å². The standard InChI is InChI=1S/C27H28ClFN2O7/c1-14(37-2)22(13-32)31-12-19(27(35)36)26(34)18-9-15(23(38-3)11-21(18)31)7-16-8-17(10-20(28)25(16)29)30-6-4-5-24(30)33/h8-12,14,22,32H,4-7,13H2,1-3H3,(H,35,36)/t14-,22-/m1/s1. The van der Waals surface area contributed by atoms with Crippen molar-refractivity contribution in [2.24, 2.45) is 0 Å². The van der Waals surface area contributed by atoms with Gasteiger partial charge in [-0.05, 0) is 42.7 Å². The van der Waals surface area contributed by atoms with Crippen LogP contribution in [0.3, 0.4) is 0 Å².